The summed E-state index contributed by atoms with van der Waals surface area (Å²) in [6.07, 6.45) is 11.0. The number of esters is 1. The third kappa shape index (κ3) is 2.55. The lowest BCUT2D eigenvalue weighted by atomic mass is 9.94. The maximum absolute atomic E-state index is 12.0. The van der Waals surface area contributed by atoms with Crippen LogP contribution >= 0.6 is 0 Å². The highest BCUT2D eigenvalue weighted by Gasteiger charge is 2.14. The molecule has 0 saturated carbocycles. The second-order valence-electron chi connectivity index (χ2n) is 5.16. The van der Waals surface area contributed by atoms with E-state index < -0.39 is 0 Å². The molecule has 2 aromatic rings. The summed E-state index contributed by atoms with van der Waals surface area (Å²) in [5, 5.41) is 3.92. The van der Waals surface area contributed by atoms with Gasteiger partial charge in [-0.05, 0) is 47.5 Å². The molecule has 4 nitrogen and oxygen atoms in total. The highest BCUT2D eigenvalue weighted by molar-refractivity contribution is 6.05. The molecule has 0 amide bonds. The van der Waals surface area contributed by atoms with E-state index in [0.29, 0.717) is 5.56 Å². The first-order valence-corrected chi connectivity index (χ1v) is 7.17. The highest BCUT2D eigenvalue weighted by atomic mass is 16.5. The average Bonchev–Trinajstić information content (AvgIpc) is 3.02. The van der Waals surface area contributed by atoms with Gasteiger partial charge in [0.15, 0.2) is 0 Å². The summed E-state index contributed by atoms with van der Waals surface area (Å²) in [5.74, 6) is -0.317. The van der Waals surface area contributed by atoms with Gasteiger partial charge >= 0.3 is 5.97 Å². The first kappa shape index (κ1) is 14.2. The van der Waals surface area contributed by atoms with Gasteiger partial charge in [-0.3, -0.25) is 0 Å². The van der Waals surface area contributed by atoms with Crippen LogP contribution in [0, 0.1) is 0 Å². The van der Waals surface area contributed by atoms with Gasteiger partial charge in [0.25, 0.3) is 0 Å². The van der Waals surface area contributed by atoms with Gasteiger partial charge in [0.05, 0.1) is 12.7 Å². The summed E-state index contributed by atoms with van der Waals surface area (Å²) in [7, 11) is 3.30. The Morgan fingerprint density at radius 2 is 2.23 bits per heavy atom. The van der Waals surface area contributed by atoms with Crippen molar-refractivity contribution in [3.63, 3.8) is 0 Å². The van der Waals surface area contributed by atoms with Gasteiger partial charge in [-0.2, -0.15) is 0 Å². The van der Waals surface area contributed by atoms with Crippen molar-refractivity contribution in [1.82, 2.24) is 10.3 Å². The lowest BCUT2D eigenvalue weighted by Gasteiger charge is -2.12. The van der Waals surface area contributed by atoms with E-state index in [9.17, 15) is 4.79 Å². The lowest BCUT2D eigenvalue weighted by Crippen LogP contribution is -2.03. The highest BCUT2D eigenvalue weighted by Crippen LogP contribution is 2.29. The predicted molar refractivity (Wildman–Crippen MR) is 88.5 cm³/mol. The van der Waals surface area contributed by atoms with Gasteiger partial charge in [-0.25, -0.2) is 4.79 Å². The molecule has 22 heavy (non-hydrogen) atoms. The molecule has 0 saturated heterocycles. The van der Waals surface area contributed by atoms with Crippen LogP contribution in [0.5, 0.6) is 0 Å². The number of nitrogens with one attached hydrogen (secondary N) is 2. The molecule has 0 spiro atoms. The predicted octanol–water partition coefficient (Wildman–Crippen LogP) is 3.40. The summed E-state index contributed by atoms with van der Waals surface area (Å²) < 4.78 is 4.90. The van der Waals surface area contributed by atoms with E-state index in [1.54, 1.807) is 0 Å². The van der Waals surface area contributed by atoms with Gasteiger partial charge in [-0.15, -0.1) is 0 Å². The monoisotopic (exact) mass is 294 g/mol. The van der Waals surface area contributed by atoms with Crippen LogP contribution in [0.4, 0.5) is 0 Å². The van der Waals surface area contributed by atoms with E-state index in [2.05, 4.69) is 34.6 Å². The smallest absolute Gasteiger partial charge is 0.338 e. The van der Waals surface area contributed by atoms with Crippen LogP contribution < -0.4 is 5.32 Å². The van der Waals surface area contributed by atoms with Crippen LogP contribution in [0.2, 0.25) is 0 Å². The van der Waals surface area contributed by atoms with Crippen LogP contribution in [-0.2, 0) is 4.74 Å². The van der Waals surface area contributed by atoms with Crippen molar-refractivity contribution in [2.24, 2.45) is 0 Å². The molecule has 112 valence electrons. The Balaban J connectivity index is 2.04. The number of methoxy groups -OCH3 is 1. The van der Waals surface area contributed by atoms with Crippen molar-refractivity contribution in [1.29, 1.82) is 0 Å². The number of hydrogen-bond acceptors (Lipinski definition) is 3. The van der Waals surface area contributed by atoms with Gasteiger partial charge in [0.2, 0.25) is 0 Å². The molecule has 3 rings (SSSR count). The summed E-state index contributed by atoms with van der Waals surface area (Å²) >= 11 is 0. The van der Waals surface area contributed by atoms with Crippen LogP contribution in [0.3, 0.4) is 0 Å². The zero-order valence-corrected chi connectivity index (χ0v) is 12.6. The van der Waals surface area contributed by atoms with Crippen molar-refractivity contribution in [2.75, 3.05) is 14.2 Å². The minimum absolute atomic E-state index is 0.317. The van der Waals surface area contributed by atoms with Crippen LogP contribution in [0.1, 0.15) is 22.3 Å². The number of rotatable bonds is 3. The van der Waals surface area contributed by atoms with E-state index in [-0.39, 0.29) is 5.97 Å². The molecule has 2 N–H and O–H groups in total. The third-order valence-electron chi connectivity index (χ3n) is 3.77. The zero-order valence-electron chi connectivity index (χ0n) is 12.6. The molecule has 1 aromatic carbocycles. The Morgan fingerprint density at radius 1 is 1.36 bits per heavy atom. The minimum atomic E-state index is -0.317. The third-order valence-corrected chi connectivity index (χ3v) is 3.77. The maximum Gasteiger partial charge on any atom is 0.338 e. The number of allylic oxidation sites excluding steroid dienone is 5. The molecule has 0 unspecified atom stereocenters. The fraction of sp³-hybridized carbons (Fsp3) is 0.167. The van der Waals surface area contributed by atoms with Crippen molar-refractivity contribution in [2.45, 2.75) is 6.42 Å². The number of carbonyl (C=O) groups is 1. The zero-order chi connectivity index (χ0) is 15.5. The Hall–Kier alpha value is -2.75. The molecule has 1 aromatic heterocycles. The van der Waals surface area contributed by atoms with E-state index in [0.717, 1.165) is 28.5 Å². The van der Waals surface area contributed by atoms with E-state index >= 15 is 0 Å². The normalized spacial score (nSPS) is 15.9. The lowest BCUT2D eigenvalue weighted by molar-refractivity contribution is 0.0603. The number of fused-ring (bicyclic) bond motifs is 1. The van der Waals surface area contributed by atoms with Crippen LogP contribution in [0.15, 0.2) is 54.4 Å². The molecule has 1 heterocycles. The van der Waals surface area contributed by atoms with Gasteiger partial charge in [-0.1, -0.05) is 18.2 Å². The van der Waals surface area contributed by atoms with Crippen molar-refractivity contribution >= 4 is 22.4 Å². The minimum Gasteiger partial charge on any atom is -0.465 e. The first-order valence-electron chi connectivity index (χ1n) is 7.17. The number of ether oxygens (including phenoxy) is 1. The maximum atomic E-state index is 12.0. The number of aromatic nitrogens is 1. The summed E-state index contributed by atoms with van der Waals surface area (Å²) in [4.78, 5) is 15.2. The van der Waals surface area contributed by atoms with Crippen LogP contribution in [0.25, 0.3) is 16.5 Å². The number of hydrogen-bond donors (Lipinski definition) is 2. The largest absolute Gasteiger partial charge is 0.465 e. The molecular weight excluding hydrogens is 276 g/mol. The SMILES string of the molecule is CNC=C1C=CC(c2cc(C(=O)OC)c3cc[nH]c3c2)=CC1. The average molecular weight is 294 g/mol. The number of H-pyrrole nitrogens is 1. The first-order chi connectivity index (χ1) is 10.7. The Labute approximate surface area is 129 Å². The van der Waals surface area contributed by atoms with Crippen molar-refractivity contribution in [3.05, 3.63) is 65.5 Å². The fourth-order valence-corrected chi connectivity index (χ4v) is 2.68. The molecule has 4 heteroatoms. The molecule has 0 bridgehead atoms. The topological polar surface area (TPSA) is 54.1 Å². The second-order valence-corrected chi connectivity index (χ2v) is 5.16. The Kier molecular flexibility index (Phi) is 3.83. The standard InChI is InChI=1S/C18H18N2O2/c1-19-11-12-3-5-13(6-4-12)14-9-16(18(21)22-2)15-7-8-20-17(15)10-14/h3,5-11,19-20H,4H2,1-2H3. The molecular formula is C18H18N2O2. The van der Waals surface area contributed by atoms with E-state index in [1.807, 2.05) is 31.6 Å². The molecule has 0 aliphatic heterocycles. The Morgan fingerprint density at radius 3 is 2.91 bits per heavy atom. The molecule has 0 fully saturated rings. The Bertz CT molecular complexity index is 810. The van der Waals surface area contributed by atoms with Gasteiger partial charge in [0.1, 0.15) is 0 Å². The summed E-state index contributed by atoms with van der Waals surface area (Å²) in [6.45, 7) is 0. The molecule has 1 aliphatic rings. The fourth-order valence-electron chi connectivity index (χ4n) is 2.68. The molecule has 1 aliphatic carbocycles. The number of aromatic amines is 1. The van der Waals surface area contributed by atoms with Crippen LogP contribution in [-0.4, -0.2) is 25.1 Å². The van der Waals surface area contributed by atoms with E-state index in [4.69, 9.17) is 4.74 Å². The molecule has 0 atom stereocenters. The quantitative estimate of drug-likeness (QED) is 0.853. The van der Waals surface area contributed by atoms with Gasteiger partial charge < -0.3 is 15.0 Å². The summed E-state index contributed by atoms with van der Waals surface area (Å²) in [5.41, 5.74) is 4.86. The number of carbonyl (C=O) groups excluding carboxylic acids is 1. The number of benzene rings is 1. The van der Waals surface area contributed by atoms with Crippen molar-refractivity contribution < 1.29 is 9.53 Å². The summed E-state index contributed by atoms with van der Waals surface area (Å²) in [6, 6.07) is 5.85. The second kappa shape index (κ2) is 5.93. The van der Waals surface area contributed by atoms with E-state index in [1.165, 1.54) is 12.7 Å². The van der Waals surface area contributed by atoms with Gasteiger partial charge in [0, 0.05) is 24.1 Å². The van der Waals surface area contributed by atoms with Crippen molar-refractivity contribution in [3.8, 4) is 0 Å². The molecule has 0 radical (unpaired) electrons.